The van der Waals surface area contributed by atoms with Gasteiger partial charge in [0.1, 0.15) is 6.10 Å². The van der Waals surface area contributed by atoms with Gasteiger partial charge in [0, 0.05) is 6.08 Å². The van der Waals surface area contributed by atoms with E-state index < -0.39 is 0 Å². The topological polar surface area (TPSA) is 50.1 Å². The highest BCUT2D eigenvalue weighted by atomic mass is 16.5. The number of rotatable bonds is 9. The maximum Gasteiger partial charge on any atom is 0.309 e. The van der Waals surface area contributed by atoms with Gasteiger partial charge in [-0.3, -0.25) is 4.79 Å². The minimum atomic E-state index is 0.0759. The Bertz CT molecular complexity index is 515. The zero-order valence-electron chi connectivity index (χ0n) is 17.1. The van der Waals surface area contributed by atoms with E-state index in [4.69, 9.17) is 10.00 Å². The molecule has 27 heavy (non-hydrogen) atoms. The molecule has 0 spiro atoms. The molecule has 3 nitrogen and oxygen atoms in total. The van der Waals surface area contributed by atoms with Gasteiger partial charge in [0.25, 0.3) is 0 Å². The second-order valence-electron chi connectivity index (χ2n) is 8.43. The predicted octanol–water partition coefficient (Wildman–Crippen LogP) is 6.50. The molecule has 0 aromatic heterocycles. The third-order valence-electron chi connectivity index (χ3n) is 6.38. The van der Waals surface area contributed by atoms with Crippen LogP contribution in [0.5, 0.6) is 0 Å². The Hall–Kier alpha value is -1.56. The molecule has 2 saturated carbocycles. The largest absolute Gasteiger partial charge is 0.462 e. The Morgan fingerprint density at radius 2 is 1.67 bits per heavy atom. The second kappa shape index (κ2) is 12.8. The van der Waals surface area contributed by atoms with E-state index in [1.807, 2.05) is 12.1 Å². The van der Waals surface area contributed by atoms with Gasteiger partial charge in [0.15, 0.2) is 0 Å². The molecule has 0 unspecified atom stereocenters. The van der Waals surface area contributed by atoms with E-state index in [0.29, 0.717) is 0 Å². The summed E-state index contributed by atoms with van der Waals surface area (Å²) in [6.07, 6.45) is 22.6. The molecule has 3 heteroatoms. The molecule has 0 aliphatic heterocycles. The van der Waals surface area contributed by atoms with Crippen molar-refractivity contribution < 1.29 is 9.53 Å². The van der Waals surface area contributed by atoms with Crippen molar-refractivity contribution in [2.75, 3.05) is 0 Å². The molecule has 2 fully saturated rings. The number of hydrogen-bond donors (Lipinski definition) is 0. The van der Waals surface area contributed by atoms with Crippen molar-refractivity contribution in [1.82, 2.24) is 0 Å². The van der Waals surface area contributed by atoms with Gasteiger partial charge < -0.3 is 4.74 Å². The van der Waals surface area contributed by atoms with E-state index >= 15 is 0 Å². The first kappa shape index (κ1) is 21.7. The monoisotopic (exact) mass is 371 g/mol. The number of nitriles is 1. The highest BCUT2D eigenvalue weighted by Gasteiger charge is 2.30. The zero-order chi connectivity index (χ0) is 19.3. The fourth-order valence-corrected chi connectivity index (χ4v) is 4.58. The van der Waals surface area contributed by atoms with E-state index in [1.54, 1.807) is 6.08 Å². The Morgan fingerprint density at radius 3 is 2.33 bits per heavy atom. The van der Waals surface area contributed by atoms with Crippen LogP contribution < -0.4 is 0 Å². The molecule has 0 saturated heterocycles. The van der Waals surface area contributed by atoms with Gasteiger partial charge in [-0.2, -0.15) is 5.26 Å². The third kappa shape index (κ3) is 8.33. The van der Waals surface area contributed by atoms with Gasteiger partial charge in [-0.1, -0.05) is 44.4 Å². The Kier molecular flexibility index (Phi) is 10.3. The maximum absolute atomic E-state index is 12.5. The van der Waals surface area contributed by atoms with Crippen LogP contribution in [-0.2, 0) is 9.53 Å². The number of hydrogen-bond acceptors (Lipinski definition) is 3. The first-order valence-electron chi connectivity index (χ1n) is 11.1. The van der Waals surface area contributed by atoms with Gasteiger partial charge in [-0.25, -0.2) is 0 Å². The summed E-state index contributed by atoms with van der Waals surface area (Å²) in [5.74, 6) is 1.80. The van der Waals surface area contributed by atoms with Crippen LogP contribution in [0.25, 0.3) is 0 Å². The molecule has 0 aromatic carbocycles. The number of nitrogens with zero attached hydrogens (tertiary/aromatic N) is 1. The lowest BCUT2D eigenvalue weighted by molar-refractivity contribution is -0.157. The van der Waals surface area contributed by atoms with Crippen molar-refractivity contribution in [3.05, 3.63) is 24.3 Å². The molecular formula is C24H37NO2. The molecule has 2 aliphatic carbocycles. The fourth-order valence-electron chi connectivity index (χ4n) is 4.58. The first-order valence-corrected chi connectivity index (χ1v) is 11.1. The molecule has 0 amide bonds. The van der Waals surface area contributed by atoms with Gasteiger partial charge in [-0.15, -0.1) is 0 Å². The van der Waals surface area contributed by atoms with Crippen LogP contribution in [0.2, 0.25) is 0 Å². The third-order valence-corrected chi connectivity index (χ3v) is 6.38. The summed E-state index contributed by atoms with van der Waals surface area (Å²) in [7, 11) is 0. The quantitative estimate of drug-likeness (QED) is 0.264. The minimum absolute atomic E-state index is 0.0759. The minimum Gasteiger partial charge on any atom is -0.462 e. The maximum atomic E-state index is 12.5. The van der Waals surface area contributed by atoms with E-state index in [1.165, 1.54) is 44.6 Å². The van der Waals surface area contributed by atoms with Crippen LogP contribution in [0.1, 0.15) is 90.4 Å². The first-order chi connectivity index (χ1) is 13.2. The standard InChI is InChI=1S/C24H37NO2/c1-2-3-9-20-13-17-23(18-14-20)27-24(26)22-15-11-21(12-16-22)10-7-5-4-6-8-19-25/h4-6,8,20-23H,2-3,7,9-18H2,1H3. The van der Waals surface area contributed by atoms with Gasteiger partial charge in [0.05, 0.1) is 12.0 Å². The summed E-state index contributed by atoms with van der Waals surface area (Å²) in [5, 5.41) is 8.43. The summed E-state index contributed by atoms with van der Waals surface area (Å²) in [6, 6.07) is 1.99. The predicted molar refractivity (Wildman–Crippen MR) is 110 cm³/mol. The van der Waals surface area contributed by atoms with Gasteiger partial charge in [0.2, 0.25) is 0 Å². The lowest BCUT2D eigenvalue weighted by Gasteiger charge is -2.31. The summed E-state index contributed by atoms with van der Waals surface area (Å²) in [6.45, 7) is 2.26. The lowest BCUT2D eigenvalue weighted by atomic mass is 9.80. The van der Waals surface area contributed by atoms with Crippen LogP contribution >= 0.6 is 0 Å². The molecule has 150 valence electrons. The van der Waals surface area contributed by atoms with Crippen molar-refractivity contribution in [3.63, 3.8) is 0 Å². The smallest absolute Gasteiger partial charge is 0.309 e. The zero-order valence-corrected chi connectivity index (χ0v) is 17.1. The summed E-state index contributed by atoms with van der Waals surface area (Å²) >= 11 is 0. The number of esters is 1. The van der Waals surface area contributed by atoms with E-state index in [9.17, 15) is 4.79 Å². The molecule has 2 aliphatic rings. The molecule has 0 N–H and O–H groups in total. The highest BCUT2D eigenvalue weighted by molar-refractivity contribution is 5.72. The van der Waals surface area contributed by atoms with Crippen molar-refractivity contribution >= 4 is 5.97 Å². The van der Waals surface area contributed by atoms with E-state index in [-0.39, 0.29) is 18.0 Å². The Balaban J connectivity index is 1.59. The molecule has 0 atom stereocenters. The van der Waals surface area contributed by atoms with Crippen molar-refractivity contribution in [2.24, 2.45) is 17.8 Å². The highest BCUT2D eigenvalue weighted by Crippen LogP contribution is 2.34. The van der Waals surface area contributed by atoms with Crippen molar-refractivity contribution in [3.8, 4) is 6.07 Å². The van der Waals surface area contributed by atoms with Crippen LogP contribution in [0, 0.1) is 29.1 Å². The number of carbonyl (C=O) groups is 1. The van der Waals surface area contributed by atoms with E-state index in [0.717, 1.165) is 56.8 Å². The number of carbonyl (C=O) groups excluding carboxylic acids is 1. The van der Waals surface area contributed by atoms with E-state index in [2.05, 4.69) is 13.0 Å². The SMILES string of the molecule is CCCCC1CCC(OC(=O)C2CCC(CCC=CC=CC#N)CC2)CC1. The average Bonchev–Trinajstić information content (AvgIpc) is 2.70. The summed E-state index contributed by atoms with van der Waals surface area (Å²) in [5.41, 5.74) is 0. The van der Waals surface area contributed by atoms with Crippen LogP contribution in [-0.4, -0.2) is 12.1 Å². The van der Waals surface area contributed by atoms with Crippen LogP contribution in [0.15, 0.2) is 24.3 Å². The van der Waals surface area contributed by atoms with Crippen molar-refractivity contribution in [1.29, 1.82) is 5.26 Å². The number of ether oxygens (including phenoxy) is 1. The van der Waals surface area contributed by atoms with Crippen LogP contribution in [0.4, 0.5) is 0 Å². The normalized spacial score (nSPS) is 29.0. The van der Waals surface area contributed by atoms with Gasteiger partial charge >= 0.3 is 5.97 Å². The molecule has 2 rings (SSSR count). The Morgan fingerprint density at radius 1 is 1.00 bits per heavy atom. The molecular weight excluding hydrogens is 334 g/mol. The number of unbranched alkanes of at least 4 members (excludes halogenated alkanes) is 1. The molecule has 0 radical (unpaired) electrons. The second-order valence-corrected chi connectivity index (χ2v) is 8.43. The summed E-state index contributed by atoms with van der Waals surface area (Å²) < 4.78 is 5.87. The molecule has 0 aromatic rings. The number of allylic oxidation sites excluding steroid dienone is 4. The summed E-state index contributed by atoms with van der Waals surface area (Å²) in [4.78, 5) is 12.5. The molecule has 0 heterocycles. The van der Waals surface area contributed by atoms with Crippen LogP contribution in [0.3, 0.4) is 0 Å². The Labute approximate surface area is 165 Å². The van der Waals surface area contributed by atoms with Crippen molar-refractivity contribution in [2.45, 2.75) is 96.5 Å². The molecule has 0 bridgehead atoms. The fraction of sp³-hybridized carbons (Fsp3) is 0.750. The lowest BCUT2D eigenvalue weighted by Crippen LogP contribution is -2.30. The van der Waals surface area contributed by atoms with Gasteiger partial charge in [-0.05, 0) is 76.0 Å². The average molecular weight is 372 g/mol.